The molecule has 1 atom stereocenters. The molecule has 0 unspecified atom stereocenters. The lowest BCUT2D eigenvalue weighted by Gasteiger charge is -2.25. The van der Waals surface area contributed by atoms with Crippen molar-refractivity contribution in [3.63, 3.8) is 0 Å². The summed E-state index contributed by atoms with van der Waals surface area (Å²) in [6.07, 6.45) is 2.19. The molecule has 1 heterocycles. The highest BCUT2D eigenvalue weighted by Crippen LogP contribution is 2.18. The van der Waals surface area contributed by atoms with Gasteiger partial charge in [0.1, 0.15) is 0 Å². The summed E-state index contributed by atoms with van der Waals surface area (Å²) in [6, 6.07) is 0.305. The number of rotatable bonds is 2. The maximum absolute atomic E-state index is 11.6. The number of carbonyl (C=O) groups is 1. The highest BCUT2D eigenvalue weighted by atomic mass is 16.2. The second kappa shape index (κ2) is 3.90. The fourth-order valence-corrected chi connectivity index (χ4v) is 1.70. The van der Waals surface area contributed by atoms with Gasteiger partial charge in [0.05, 0.1) is 0 Å². The molecule has 0 saturated carbocycles. The van der Waals surface area contributed by atoms with Crippen molar-refractivity contribution < 1.29 is 4.79 Å². The van der Waals surface area contributed by atoms with Crippen molar-refractivity contribution in [1.29, 1.82) is 0 Å². The molecule has 0 aromatic carbocycles. The van der Waals surface area contributed by atoms with E-state index < -0.39 is 0 Å². The van der Waals surface area contributed by atoms with Gasteiger partial charge in [-0.25, -0.2) is 0 Å². The number of likely N-dealkylation sites (tertiary alicyclic amines) is 1. The third-order valence-electron chi connectivity index (χ3n) is 2.43. The average molecular weight is 170 g/mol. The van der Waals surface area contributed by atoms with Gasteiger partial charge in [0, 0.05) is 25.0 Å². The highest BCUT2D eigenvalue weighted by molar-refractivity contribution is 5.78. The van der Waals surface area contributed by atoms with E-state index in [9.17, 15) is 4.79 Å². The van der Waals surface area contributed by atoms with E-state index in [-0.39, 0.29) is 11.8 Å². The smallest absolute Gasteiger partial charge is 0.225 e. The average Bonchev–Trinajstić information content (AvgIpc) is 2.49. The molecule has 0 aromatic rings. The van der Waals surface area contributed by atoms with Gasteiger partial charge in [0.2, 0.25) is 5.91 Å². The maximum Gasteiger partial charge on any atom is 0.225 e. The molecule has 0 spiro atoms. The first-order valence-corrected chi connectivity index (χ1v) is 4.67. The maximum atomic E-state index is 11.6. The monoisotopic (exact) mass is 170 g/mol. The van der Waals surface area contributed by atoms with Crippen LogP contribution in [0.3, 0.4) is 0 Å². The third kappa shape index (κ3) is 1.78. The molecular formula is C9H18N2O. The molecule has 2 N–H and O–H groups in total. The minimum absolute atomic E-state index is 0.108. The standard InChI is InChI=1S/C9H18N2O/c1-7(2)9(12)11-5-3-4-8(11)6-10/h7-8H,3-6,10H2,1-2H3/t8-/m1/s1. The summed E-state index contributed by atoms with van der Waals surface area (Å²) >= 11 is 0. The van der Waals surface area contributed by atoms with Crippen LogP contribution in [0.25, 0.3) is 0 Å². The fraction of sp³-hybridized carbons (Fsp3) is 0.889. The molecule has 0 bridgehead atoms. The molecule has 1 aliphatic heterocycles. The van der Waals surface area contributed by atoms with Gasteiger partial charge < -0.3 is 10.6 Å². The Balaban J connectivity index is 2.55. The third-order valence-corrected chi connectivity index (χ3v) is 2.43. The van der Waals surface area contributed by atoms with Crippen molar-refractivity contribution >= 4 is 5.91 Å². The molecule has 0 aliphatic carbocycles. The van der Waals surface area contributed by atoms with E-state index in [0.29, 0.717) is 12.6 Å². The van der Waals surface area contributed by atoms with Crippen molar-refractivity contribution in [2.45, 2.75) is 32.7 Å². The zero-order valence-corrected chi connectivity index (χ0v) is 7.92. The lowest BCUT2D eigenvalue weighted by molar-refractivity contribution is -0.135. The van der Waals surface area contributed by atoms with Gasteiger partial charge in [0.15, 0.2) is 0 Å². The first kappa shape index (κ1) is 9.52. The zero-order valence-electron chi connectivity index (χ0n) is 7.92. The second-order valence-corrected chi connectivity index (χ2v) is 3.72. The summed E-state index contributed by atoms with van der Waals surface area (Å²) in [5.74, 6) is 0.361. The van der Waals surface area contributed by atoms with Crippen molar-refractivity contribution in [2.24, 2.45) is 11.7 Å². The molecule has 0 radical (unpaired) electrons. The Morgan fingerprint density at radius 3 is 2.83 bits per heavy atom. The predicted molar refractivity (Wildman–Crippen MR) is 48.6 cm³/mol. The summed E-state index contributed by atoms with van der Waals surface area (Å²) in [4.78, 5) is 13.5. The fourth-order valence-electron chi connectivity index (χ4n) is 1.70. The van der Waals surface area contributed by atoms with Gasteiger partial charge in [-0.2, -0.15) is 0 Å². The van der Waals surface area contributed by atoms with Crippen LogP contribution in [0.2, 0.25) is 0 Å². The molecule has 70 valence electrons. The van der Waals surface area contributed by atoms with Gasteiger partial charge in [-0.3, -0.25) is 4.79 Å². The molecule has 12 heavy (non-hydrogen) atoms. The van der Waals surface area contributed by atoms with Crippen LogP contribution in [0.15, 0.2) is 0 Å². The Kier molecular flexibility index (Phi) is 3.09. The SMILES string of the molecule is CC(C)C(=O)N1CCC[C@@H]1CN. The lowest BCUT2D eigenvalue weighted by Crippen LogP contribution is -2.41. The van der Waals surface area contributed by atoms with Crippen molar-refractivity contribution in [3.8, 4) is 0 Å². The molecule has 0 aromatic heterocycles. The molecule has 1 rings (SSSR count). The Hall–Kier alpha value is -0.570. The van der Waals surface area contributed by atoms with E-state index in [1.54, 1.807) is 0 Å². The van der Waals surface area contributed by atoms with Crippen LogP contribution in [0.1, 0.15) is 26.7 Å². The summed E-state index contributed by atoms with van der Waals surface area (Å²) in [7, 11) is 0. The molecule has 1 amide bonds. The summed E-state index contributed by atoms with van der Waals surface area (Å²) in [5, 5.41) is 0. The first-order valence-electron chi connectivity index (χ1n) is 4.67. The number of carbonyl (C=O) groups excluding carboxylic acids is 1. The van der Waals surface area contributed by atoms with Crippen LogP contribution >= 0.6 is 0 Å². The van der Waals surface area contributed by atoms with Crippen molar-refractivity contribution in [2.75, 3.05) is 13.1 Å². The Bertz CT molecular complexity index is 168. The molecular weight excluding hydrogens is 152 g/mol. The van der Waals surface area contributed by atoms with Gasteiger partial charge in [-0.1, -0.05) is 13.8 Å². The number of amides is 1. The minimum Gasteiger partial charge on any atom is -0.338 e. The zero-order chi connectivity index (χ0) is 9.14. The highest BCUT2D eigenvalue weighted by Gasteiger charge is 2.28. The molecule has 3 nitrogen and oxygen atoms in total. The van der Waals surface area contributed by atoms with Gasteiger partial charge >= 0.3 is 0 Å². The van der Waals surface area contributed by atoms with E-state index in [2.05, 4.69) is 0 Å². The van der Waals surface area contributed by atoms with Crippen LogP contribution in [0.4, 0.5) is 0 Å². The van der Waals surface area contributed by atoms with Gasteiger partial charge in [0.25, 0.3) is 0 Å². The quantitative estimate of drug-likeness (QED) is 0.659. The van der Waals surface area contributed by atoms with E-state index in [1.807, 2.05) is 18.7 Å². The van der Waals surface area contributed by atoms with E-state index in [0.717, 1.165) is 19.4 Å². The first-order chi connectivity index (χ1) is 5.66. The van der Waals surface area contributed by atoms with E-state index in [4.69, 9.17) is 5.73 Å². The molecule has 1 saturated heterocycles. The van der Waals surface area contributed by atoms with Crippen molar-refractivity contribution in [3.05, 3.63) is 0 Å². The Morgan fingerprint density at radius 2 is 2.33 bits per heavy atom. The van der Waals surface area contributed by atoms with Crippen LogP contribution in [0.5, 0.6) is 0 Å². The van der Waals surface area contributed by atoms with Gasteiger partial charge in [-0.15, -0.1) is 0 Å². The summed E-state index contributed by atoms with van der Waals surface area (Å²) in [6.45, 7) is 5.39. The van der Waals surface area contributed by atoms with Crippen LogP contribution in [-0.4, -0.2) is 29.9 Å². The number of nitrogens with two attached hydrogens (primary N) is 1. The Morgan fingerprint density at radius 1 is 1.67 bits per heavy atom. The van der Waals surface area contributed by atoms with Crippen LogP contribution < -0.4 is 5.73 Å². The normalized spacial score (nSPS) is 23.7. The van der Waals surface area contributed by atoms with Crippen LogP contribution in [-0.2, 0) is 4.79 Å². The molecule has 3 heteroatoms. The minimum atomic E-state index is 0.108. The number of hydrogen-bond acceptors (Lipinski definition) is 2. The van der Waals surface area contributed by atoms with E-state index >= 15 is 0 Å². The lowest BCUT2D eigenvalue weighted by atomic mass is 10.1. The number of nitrogens with zero attached hydrogens (tertiary/aromatic N) is 1. The summed E-state index contributed by atoms with van der Waals surface area (Å²) in [5.41, 5.74) is 5.57. The summed E-state index contributed by atoms with van der Waals surface area (Å²) < 4.78 is 0. The van der Waals surface area contributed by atoms with Crippen molar-refractivity contribution in [1.82, 2.24) is 4.90 Å². The van der Waals surface area contributed by atoms with Gasteiger partial charge in [-0.05, 0) is 12.8 Å². The topological polar surface area (TPSA) is 46.3 Å². The number of hydrogen-bond donors (Lipinski definition) is 1. The van der Waals surface area contributed by atoms with E-state index in [1.165, 1.54) is 0 Å². The predicted octanol–water partition coefficient (Wildman–Crippen LogP) is 0.592. The second-order valence-electron chi connectivity index (χ2n) is 3.72. The molecule has 1 aliphatic rings. The molecule has 1 fully saturated rings. The Labute approximate surface area is 73.9 Å². The van der Waals surface area contributed by atoms with Crippen LogP contribution in [0, 0.1) is 5.92 Å². The largest absolute Gasteiger partial charge is 0.338 e.